The van der Waals surface area contributed by atoms with Crippen LogP contribution in [0.15, 0.2) is 64.4 Å². The van der Waals surface area contributed by atoms with Crippen molar-refractivity contribution in [2.75, 3.05) is 5.32 Å². The van der Waals surface area contributed by atoms with Gasteiger partial charge in [-0.3, -0.25) is 10.1 Å². The van der Waals surface area contributed by atoms with E-state index in [9.17, 15) is 4.79 Å². The molecule has 1 amide bonds. The normalized spacial score (nSPS) is 10.9. The van der Waals surface area contributed by atoms with Crippen molar-refractivity contribution in [3.8, 4) is 11.5 Å². The van der Waals surface area contributed by atoms with Crippen LogP contribution in [0.5, 0.6) is 0 Å². The van der Waals surface area contributed by atoms with Crippen LogP contribution in [0.4, 0.5) is 5.13 Å². The van der Waals surface area contributed by atoms with Gasteiger partial charge in [0.1, 0.15) is 11.3 Å². The predicted octanol–water partition coefficient (Wildman–Crippen LogP) is 5.12. The molecule has 4 rings (SSSR count). The molecule has 0 radical (unpaired) electrons. The number of benzene rings is 2. The summed E-state index contributed by atoms with van der Waals surface area (Å²) in [5, 5.41) is 6.30. The van der Waals surface area contributed by atoms with Gasteiger partial charge < -0.3 is 4.42 Å². The minimum atomic E-state index is -0.163. The van der Waals surface area contributed by atoms with Crippen molar-refractivity contribution >= 4 is 33.3 Å². The van der Waals surface area contributed by atoms with E-state index in [1.54, 1.807) is 6.07 Å². The molecule has 0 unspecified atom stereocenters. The van der Waals surface area contributed by atoms with Crippen LogP contribution in [0.2, 0.25) is 0 Å². The minimum Gasteiger partial charge on any atom is -0.454 e. The Bertz CT molecular complexity index is 999. The molecule has 0 saturated heterocycles. The maximum atomic E-state index is 12.3. The minimum absolute atomic E-state index is 0.163. The zero-order chi connectivity index (χ0) is 16.5. The van der Waals surface area contributed by atoms with Gasteiger partial charge in [0.25, 0.3) is 5.91 Å². The number of hydrogen-bond acceptors (Lipinski definition) is 4. The average molecular weight is 334 g/mol. The van der Waals surface area contributed by atoms with Gasteiger partial charge >= 0.3 is 0 Å². The summed E-state index contributed by atoms with van der Waals surface area (Å²) in [7, 11) is 0. The first kappa shape index (κ1) is 14.7. The summed E-state index contributed by atoms with van der Waals surface area (Å²) in [4.78, 5) is 16.7. The molecular formula is C19H14N2O2S. The lowest BCUT2D eigenvalue weighted by molar-refractivity contribution is 0.102. The molecular weight excluding hydrogens is 320 g/mol. The van der Waals surface area contributed by atoms with Gasteiger partial charge in [-0.1, -0.05) is 35.9 Å². The number of carbonyl (C=O) groups excluding carboxylic acids is 1. The molecule has 0 aliphatic carbocycles. The molecule has 0 spiro atoms. The molecule has 5 heteroatoms. The first-order chi connectivity index (χ1) is 11.7. The Labute approximate surface area is 142 Å². The average Bonchev–Trinajstić information content (AvgIpc) is 3.21. The fraction of sp³-hybridized carbons (Fsp3) is 0.0526. The van der Waals surface area contributed by atoms with Crippen molar-refractivity contribution in [3.63, 3.8) is 0 Å². The van der Waals surface area contributed by atoms with Gasteiger partial charge in [0.15, 0.2) is 10.9 Å². The number of para-hydroxylation sites is 1. The van der Waals surface area contributed by atoms with Crippen LogP contribution < -0.4 is 5.32 Å². The largest absolute Gasteiger partial charge is 0.454 e. The number of nitrogens with one attached hydrogen (secondary N) is 1. The van der Waals surface area contributed by atoms with E-state index in [4.69, 9.17) is 4.42 Å². The van der Waals surface area contributed by atoms with Crippen molar-refractivity contribution in [3.05, 3.63) is 71.1 Å². The van der Waals surface area contributed by atoms with Crippen molar-refractivity contribution in [2.24, 2.45) is 0 Å². The third-order valence-corrected chi connectivity index (χ3v) is 4.44. The van der Waals surface area contributed by atoms with Crippen LogP contribution in [0, 0.1) is 6.92 Å². The molecule has 2 aromatic heterocycles. The number of furan rings is 1. The first-order valence-electron chi connectivity index (χ1n) is 7.51. The Morgan fingerprint density at radius 1 is 1.12 bits per heavy atom. The number of nitrogens with zero attached hydrogens (tertiary/aromatic N) is 1. The van der Waals surface area contributed by atoms with E-state index >= 15 is 0 Å². The van der Waals surface area contributed by atoms with E-state index in [0.717, 1.165) is 22.2 Å². The Morgan fingerprint density at radius 2 is 2.00 bits per heavy atom. The van der Waals surface area contributed by atoms with Gasteiger partial charge in [-0.15, -0.1) is 11.3 Å². The van der Waals surface area contributed by atoms with Crippen molar-refractivity contribution in [1.82, 2.24) is 4.98 Å². The number of fused-ring (bicyclic) bond motifs is 1. The maximum Gasteiger partial charge on any atom is 0.257 e. The van der Waals surface area contributed by atoms with E-state index in [1.807, 2.05) is 60.8 Å². The molecule has 0 aliphatic heterocycles. The zero-order valence-corrected chi connectivity index (χ0v) is 13.8. The first-order valence-corrected chi connectivity index (χ1v) is 8.39. The van der Waals surface area contributed by atoms with Crippen LogP contribution in [-0.2, 0) is 0 Å². The summed E-state index contributed by atoms with van der Waals surface area (Å²) in [6.45, 7) is 1.96. The van der Waals surface area contributed by atoms with Crippen LogP contribution in [0.25, 0.3) is 22.4 Å². The monoisotopic (exact) mass is 334 g/mol. The third kappa shape index (κ3) is 2.81. The summed E-state index contributed by atoms with van der Waals surface area (Å²) < 4.78 is 5.80. The molecule has 2 aromatic carbocycles. The SMILES string of the molecule is Cc1cccc(C(=O)Nc2nc(-c3cc4ccccc4o3)cs2)c1. The van der Waals surface area contributed by atoms with Gasteiger partial charge in [-0.05, 0) is 31.2 Å². The van der Waals surface area contributed by atoms with E-state index in [1.165, 1.54) is 11.3 Å². The molecule has 0 fully saturated rings. The van der Waals surface area contributed by atoms with Gasteiger partial charge in [-0.25, -0.2) is 4.98 Å². The Morgan fingerprint density at radius 3 is 2.83 bits per heavy atom. The van der Waals surface area contributed by atoms with Gasteiger partial charge in [-0.2, -0.15) is 0 Å². The van der Waals surface area contributed by atoms with Crippen LogP contribution in [0.1, 0.15) is 15.9 Å². The Hall–Kier alpha value is -2.92. The standard InChI is InChI=1S/C19H14N2O2S/c1-12-5-4-7-14(9-12)18(22)21-19-20-15(11-24-19)17-10-13-6-2-3-8-16(13)23-17/h2-11H,1H3,(H,20,21,22). The highest BCUT2D eigenvalue weighted by Gasteiger charge is 2.12. The van der Waals surface area contributed by atoms with Crippen molar-refractivity contribution in [1.29, 1.82) is 0 Å². The van der Waals surface area contributed by atoms with E-state index in [0.29, 0.717) is 16.5 Å². The molecule has 2 heterocycles. The second kappa shape index (κ2) is 5.94. The lowest BCUT2D eigenvalue weighted by Crippen LogP contribution is -2.11. The highest BCUT2D eigenvalue weighted by molar-refractivity contribution is 7.14. The number of rotatable bonds is 3. The number of aromatic nitrogens is 1. The number of anilines is 1. The fourth-order valence-corrected chi connectivity index (χ4v) is 3.20. The predicted molar refractivity (Wildman–Crippen MR) is 96.5 cm³/mol. The summed E-state index contributed by atoms with van der Waals surface area (Å²) in [5.41, 5.74) is 3.21. The topological polar surface area (TPSA) is 55.1 Å². The second-order valence-corrected chi connectivity index (χ2v) is 6.37. The summed E-state index contributed by atoms with van der Waals surface area (Å²) in [6, 6.07) is 17.2. The van der Waals surface area contributed by atoms with Gasteiger partial charge in [0, 0.05) is 16.3 Å². The molecule has 0 aliphatic rings. The molecule has 0 saturated carbocycles. The Balaban J connectivity index is 1.57. The lowest BCUT2D eigenvalue weighted by atomic mass is 10.1. The molecule has 0 atom stereocenters. The van der Waals surface area contributed by atoms with Gasteiger partial charge in [0.2, 0.25) is 0 Å². The molecule has 4 nitrogen and oxygen atoms in total. The number of aryl methyl sites for hydroxylation is 1. The number of amides is 1. The summed E-state index contributed by atoms with van der Waals surface area (Å²) >= 11 is 1.38. The van der Waals surface area contributed by atoms with Crippen molar-refractivity contribution < 1.29 is 9.21 Å². The van der Waals surface area contributed by atoms with E-state index in [2.05, 4.69) is 10.3 Å². The lowest BCUT2D eigenvalue weighted by Gasteiger charge is -2.02. The highest BCUT2D eigenvalue weighted by atomic mass is 32.1. The van der Waals surface area contributed by atoms with E-state index in [-0.39, 0.29) is 5.91 Å². The number of hydrogen-bond donors (Lipinski definition) is 1. The number of thiazole rings is 1. The molecule has 0 bridgehead atoms. The second-order valence-electron chi connectivity index (χ2n) is 5.51. The summed E-state index contributed by atoms with van der Waals surface area (Å²) in [6.07, 6.45) is 0. The Kier molecular flexibility index (Phi) is 3.63. The molecule has 1 N–H and O–H groups in total. The maximum absolute atomic E-state index is 12.3. The van der Waals surface area contributed by atoms with Crippen molar-refractivity contribution in [2.45, 2.75) is 6.92 Å². The van der Waals surface area contributed by atoms with E-state index < -0.39 is 0 Å². The smallest absolute Gasteiger partial charge is 0.257 e. The molecule has 4 aromatic rings. The molecule has 118 valence electrons. The zero-order valence-electron chi connectivity index (χ0n) is 12.9. The van der Waals surface area contributed by atoms with Gasteiger partial charge in [0.05, 0.1) is 0 Å². The number of carbonyl (C=O) groups is 1. The van der Waals surface area contributed by atoms with Crippen LogP contribution in [0.3, 0.4) is 0 Å². The molecule has 24 heavy (non-hydrogen) atoms. The summed E-state index contributed by atoms with van der Waals surface area (Å²) in [5.74, 6) is 0.535. The third-order valence-electron chi connectivity index (χ3n) is 3.68. The van der Waals surface area contributed by atoms with Crippen LogP contribution >= 0.6 is 11.3 Å². The highest BCUT2D eigenvalue weighted by Crippen LogP contribution is 2.30. The quantitative estimate of drug-likeness (QED) is 0.566. The fourth-order valence-electron chi connectivity index (χ4n) is 2.51. The van der Waals surface area contributed by atoms with Crippen LogP contribution in [-0.4, -0.2) is 10.9 Å².